The van der Waals surface area contributed by atoms with Crippen molar-refractivity contribution < 1.29 is 23.4 Å². The highest BCUT2D eigenvalue weighted by molar-refractivity contribution is 6.35. The molecule has 0 spiro atoms. The number of hydrogen-bond acceptors (Lipinski definition) is 5. The molecule has 1 fully saturated rings. The number of halogens is 3. The molecule has 34 heavy (non-hydrogen) atoms. The summed E-state index contributed by atoms with van der Waals surface area (Å²) in [5, 5.41) is 4.09. The molecular formula is C26H24Cl2FNO4. The topological polar surface area (TPSA) is 56.8 Å². The van der Waals surface area contributed by atoms with Gasteiger partial charge in [0, 0.05) is 22.0 Å². The number of carbonyl (C=O) groups excluding carboxylic acids is 1. The Kier molecular flexibility index (Phi) is 7.14. The van der Waals surface area contributed by atoms with Crippen molar-refractivity contribution >= 4 is 40.4 Å². The van der Waals surface area contributed by atoms with E-state index in [4.69, 9.17) is 37.4 Å². The molecule has 8 heteroatoms. The Morgan fingerprint density at radius 2 is 1.91 bits per heavy atom. The lowest BCUT2D eigenvalue weighted by molar-refractivity contribution is -0.141. The molecule has 0 aliphatic carbocycles. The van der Waals surface area contributed by atoms with Gasteiger partial charge in [-0.05, 0) is 80.9 Å². The van der Waals surface area contributed by atoms with E-state index < -0.39 is 17.4 Å². The number of anilines is 2. The summed E-state index contributed by atoms with van der Waals surface area (Å²) in [5.41, 5.74) is 2.56. The van der Waals surface area contributed by atoms with E-state index in [1.165, 1.54) is 18.2 Å². The van der Waals surface area contributed by atoms with Crippen molar-refractivity contribution in [2.45, 2.75) is 32.7 Å². The number of benzene rings is 3. The van der Waals surface area contributed by atoms with Crippen LogP contribution >= 0.6 is 23.2 Å². The molecule has 0 amide bonds. The first-order valence-electron chi connectivity index (χ1n) is 10.7. The summed E-state index contributed by atoms with van der Waals surface area (Å²) in [5.74, 6) is -1.51. The Bertz CT molecular complexity index is 1230. The van der Waals surface area contributed by atoms with E-state index in [-0.39, 0.29) is 28.9 Å². The third-order valence-electron chi connectivity index (χ3n) is 5.37. The number of aryl methyl sites for hydroxylation is 1. The number of rotatable bonds is 7. The van der Waals surface area contributed by atoms with E-state index in [1.807, 2.05) is 32.9 Å². The first-order valence-corrected chi connectivity index (χ1v) is 11.5. The van der Waals surface area contributed by atoms with Gasteiger partial charge in [0.2, 0.25) is 0 Å². The molecule has 1 aliphatic heterocycles. The van der Waals surface area contributed by atoms with Crippen molar-refractivity contribution in [1.82, 2.24) is 0 Å². The van der Waals surface area contributed by atoms with Gasteiger partial charge in [0.05, 0.1) is 17.2 Å². The number of hydrogen-bond donors (Lipinski definition) is 1. The van der Waals surface area contributed by atoms with Crippen molar-refractivity contribution in [2.75, 3.05) is 18.5 Å². The Morgan fingerprint density at radius 1 is 1.12 bits per heavy atom. The van der Waals surface area contributed by atoms with E-state index in [2.05, 4.69) is 5.32 Å². The van der Waals surface area contributed by atoms with Crippen LogP contribution in [0.5, 0.6) is 5.75 Å². The fraction of sp³-hybridized carbons (Fsp3) is 0.269. The zero-order chi connectivity index (χ0) is 24.5. The van der Waals surface area contributed by atoms with Gasteiger partial charge >= 0.3 is 0 Å². The zero-order valence-electron chi connectivity index (χ0n) is 19.0. The van der Waals surface area contributed by atoms with E-state index in [1.54, 1.807) is 24.3 Å². The summed E-state index contributed by atoms with van der Waals surface area (Å²) >= 11 is 12.4. The Hall–Kier alpha value is -2.64. The maximum atomic E-state index is 14.5. The van der Waals surface area contributed by atoms with Gasteiger partial charge in [0.15, 0.2) is 11.6 Å². The second-order valence-corrected chi connectivity index (χ2v) is 9.35. The van der Waals surface area contributed by atoms with Crippen molar-refractivity contribution in [1.29, 1.82) is 0 Å². The molecule has 4 rings (SSSR count). The molecule has 0 aromatic heterocycles. The molecule has 1 aliphatic rings. The number of ketones is 1. The van der Waals surface area contributed by atoms with Gasteiger partial charge in [-0.25, -0.2) is 4.39 Å². The maximum absolute atomic E-state index is 14.5. The molecule has 3 aromatic rings. The third-order valence-corrected chi connectivity index (χ3v) is 5.91. The van der Waals surface area contributed by atoms with Crippen LogP contribution in [0.4, 0.5) is 15.8 Å². The van der Waals surface area contributed by atoms with Gasteiger partial charge in [0.25, 0.3) is 0 Å². The largest absolute Gasteiger partial charge is 0.491 e. The monoisotopic (exact) mass is 503 g/mol. The predicted octanol–water partition coefficient (Wildman–Crippen LogP) is 6.95. The fourth-order valence-electron chi connectivity index (χ4n) is 3.65. The van der Waals surface area contributed by atoms with Gasteiger partial charge in [-0.3, -0.25) is 4.79 Å². The van der Waals surface area contributed by atoms with Gasteiger partial charge in [-0.1, -0.05) is 23.2 Å². The van der Waals surface area contributed by atoms with Crippen LogP contribution in [-0.2, 0) is 9.47 Å². The van der Waals surface area contributed by atoms with Crippen molar-refractivity contribution in [2.24, 2.45) is 0 Å². The molecule has 1 heterocycles. The van der Waals surface area contributed by atoms with Crippen LogP contribution in [0.2, 0.25) is 10.0 Å². The van der Waals surface area contributed by atoms with Crippen LogP contribution in [0.15, 0.2) is 54.6 Å². The second-order valence-electron chi connectivity index (χ2n) is 8.51. The van der Waals surface area contributed by atoms with Gasteiger partial charge in [0.1, 0.15) is 24.3 Å². The van der Waals surface area contributed by atoms with Crippen LogP contribution in [0.25, 0.3) is 0 Å². The van der Waals surface area contributed by atoms with E-state index in [0.29, 0.717) is 23.1 Å². The van der Waals surface area contributed by atoms with Crippen LogP contribution in [0.3, 0.4) is 0 Å². The molecule has 0 saturated carbocycles. The van der Waals surface area contributed by atoms with Gasteiger partial charge in [-0.2, -0.15) is 0 Å². The molecule has 1 saturated heterocycles. The van der Waals surface area contributed by atoms with Crippen LogP contribution < -0.4 is 10.1 Å². The standard InChI is InChI=1S/C26H24Cl2FNO4/c1-15-10-16(27)4-9-24(15)30-17-5-7-20(22(28)11-17)25(31)21-12-18(6-8-23(21)29)32-13-19-14-33-26(2,3)34-19/h4-12,19,30H,13-14H2,1-3H3. The first kappa shape index (κ1) is 24.5. The highest BCUT2D eigenvalue weighted by atomic mass is 35.5. The minimum Gasteiger partial charge on any atom is -0.491 e. The number of nitrogens with one attached hydrogen (secondary N) is 1. The highest BCUT2D eigenvalue weighted by Gasteiger charge is 2.33. The Balaban J connectivity index is 1.49. The fourth-order valence-corrected chi connectivity index (χ4v) is 4.14. The predicted molar refractivity (Wildman–Crippen MR) is 131 cm³/mol. The summed E-state index contributed by atoms with van der Waals surface area (Å²) in [4.78, 5) is 13.1. The summed E-state index contributed by atoms with van der Waals surface area (Å²) in [6, 6.07) is 14.4. The Labute approximate surface area is 207 Å². The normalized spacial score (nSPS) is 16.9. The quantitative estimate of drug-likeness (QED) is 0.353. The average molecular weight is 504 g/mol. The van der Waals surface area contributed by atoms with Gasteiger partial charge in [-0.15, -0.1) is 0 Å². The molecule has 0 bridgehead atoms. The molecule has 178 valence electrons. The molecular weight excluding hydrogens is 480 g/mol. The molecule has 5 nitrogen and oxygen atoms in total. The molecule has 1 N–H and O–H groups in total. The highest BCUT2D eigenvalue weighted by Crippen LogP contribution is 2.30. The number of ether oxygens (including phenoxy) is 3. The lowest BCUT2D eigenvalue weighted by Gasteiger charge is -2.17. The summed E-state index contributed by atoms with van der Waals surface area (Å²) in [6.45, 7) is 6.18. The minimum absolute atomic E-state index is 0.127. The van der Waals surface area contributed by atoms with Crippen LogP contribution in [0.1, 0.15) is 35.3 Å². The lowest BCUT2D eigenvalue weighted by atomic mass is 10.0. The van der Waals surface area contributed by atoms with Gasteiger partial charge < -0.3 is 19.5 Å². The van der Waals surface area contributed by atoms with Crippen molar-refractivity contribution in [3.63, 3.8) is 0 Å². The van der Waals surface area contributed by atoms with E-state index in [0.717, 1.165) is 11.3 Å². The minimum atomic E-state index is -0.665. The van der Waals surface area contributed by atoms with Crippen LogP contribution in [0, 0.1) is 12.7 Å². The first-order chi connectivity index (χ1) is 16.1. The summed E-state index contributed by atoms with van der Waals surface area (Å²) < 4.78 is 31.5. The van der Waals surface area contributed by atoms with Crippen LogP contribution in [-0.4, -0.2) is 30.9 Å². The van der Waals surface area contributed by atoms with E-state index >= 15 is 0 Å². The van der Waals surface area contributed by atoms with Crippen molar-refractivity contribution in [3.05, 3.63) is 87.2 Å². The van der Waals surface area contributed by atoms with E-state index in [9.17, 15) is 9.18 Å². The summed E-state index contributed by atoms with van der Waals surface area (Å²) in [7, 11) is 0. The summed E-state index contributed by atoms with van der Waals surface area (Å²) in [6.07, 6.45) is -0.252. The molecule has 1 atom stereocenters. The third kappa shape index (κ3) is 5.70. The maximum Gasteiger partial charge on any atom is 0.197 e. The lowest BCUT2D eigenvalue weighted by Crippen LogP contribution is -2.25. The Morgan fingerprint density at radius 3 is 2.59 bits per heavy atom. The SMILES string of the molecule is Cc1cc(Cl)ccc1Nc1ccc(C(=O)c2cc(OCC3COC(C)(C)O3)ccc2F)c(Cl)c1. The molecule has 3 aromatic carbocycles. The second kappa shape index (κ2) is 9.92. The smallest absolute Gasteiger partial charge is 0.197 e. The molecule has 1 unspecified atom stereocenters. The van der Waals surface area contributed by atoms with Crippen molar-refractivity contribution in [3.8, 4) is 5.75 Å². The zero-order valence-corrected chi connectivity index (χ0v) is 20.5. The number of carbonyl (C=O) groups is 1. The average Bonchev–Trinajstić information content (AvgIpc) is 3.13. The molecule has 0 radical (unpaired) electrons.